The van der Waals surface area contributed by atoms with Crippen LogP contribution in [0.3, 0.4) is 0 Å². The number of methoxy groups -OCH3 is 1. The number of amides is 1. The molecule has 2 rings (SSSR count). The van der Waals surface area contributed by atoms with Crippen LogP contribution in [0, 0.1) is 6.92 Å². The van der Waals surface area contributed by atoms with Crippen LogP contribution >= 0.6 is 0 Å². The summed E-state index contributed by atoms with van der Waals surface area (Å²) in [6.07, 6.45) is 0.647. The van der Waals surface area contributed by atoms with Gasteiger partial charge in [0.2, 0.25) is 15.9 Å². The predicted octanol–water partition coefficient (Wildman–Crippen LogP) is 1.25. The molecule has 0 N–H and O–H groups in total. The third kappa shape index (κ3) is 3.41. The van der Waals surface area contributed by atoms with Crippen LogP contribution in [0.4, 0.5) is 0 Å². The van der Waals surface area contributed by atoms with Gasteiger partial charge in [0.1, 0.15) is 5.75 Å². The molecule has 1 aromatic carbocycles. The van der Waals surface area contributed by atoms with Gasteiger partial charge in [-0.3, -0.25) is 4.79 Å². The van der Waals surface area contributed by atoms with Crippen LogP contribution in [0.15, 0.2) is 23.1 Å². The molecule has 122 valence electrons. The maximum absolute atomic E-state index is 12.8. The summed E-state index contributed by atoms with van der Waals surface area (Å²) >= 11 is 0. The van der Waals surface area contributed by atoms with Crippen LogP contribution in [-0.2, 0) is 14.8 Å². The van der Waals surface area contributed by atoms with Gasteiger partial charge >= 0.3 is 0 Å². The zero-order valence-electron chi connectivity index (χ0n) is 13.2. The lowest BCUT2D eigenvalue weighted by molar-refractivity contribution is -0.128. The Balaban J connectivity index is 2.23. The Labute approximate surface area is 131 Å². The number of carbonyl (C=O) groups is 1. The molecule has 7 heteroatoms. The van der Waals surface area contributed by atoms with Crippen LogP contribution in [0.25, 0.3) is 0 Å². The first-order valence-electron chi connectivity index (χ1n) is 7.26. The van der Waals surface area contributed by atoms with Crippen molar-refractivity contribution in [2.45, 2.75) is 25.2 Å². The fourth-order valence-corrected chi connectivity index (χ4v) is 4.16. The fraction of sp³-hybridized carbons (Fsp3) is 0.533. The first-order valence-corrected chi connectivity index (χ1v) is 8.70. The van der Waals surface area contributed by atoms with Crippen molar-refractivity contribution in [3.8, 4) is 5.75 Å². The first-order chi connectivity index (χ1) is 10.4. The van der Waals surface area contributed by atoms with Gasteiger partial charge in [-0.2, -0.15) is 4.31 Å². The summed E-state index contributed by atoms with van der Waals surface area (Å²) in [5.41, 5.74) is 0.781. The Morgan fingerprint density at radius 2 is 1.91 bits per heavy atom. The Bertz CT molecular complexity index is 658. The molecule has 1 aliphatic rings. The lowest BCUT2D eigenvalue weighted by Crippen LogP contribution is -2.36. The van der Waals surface area contributed by atoms with Crippen LogP contribution in [0.2, 0.25) is 0 Å². The van der Waals surface area contributed by atoms with E-state index in [1.165, 1.54) is 11.2 Å². The van der Waals surface area contributed by atoms with E-state index < -0.39 is 10.0 Å². The van der Waals surface area contributed by atoms with Gasteiger partial charge in [0.15, 0.2) is 0 Å². The molecule has 1 saturated heterocycles. The smallest absolute Gasteiger partial charge is 0.243 e. The van der Waals surface area contributed by atoms with E-state index in [0.717, 1.165) is 5.56 Å². The Morgan fingerprint density at radius 1 is 1.18 bits per heavy atom. The monoisotopic (exact) mass is 326 g/mol. The summed E-state index contributed by atoms with van der Waals surface area (Å²) in [4.78, 5) is 13.4. The van der Waals surface area contributed by atoms with Gasteiger partial charge in [-0.25, -0.2) is 8.42 Å². The molecule has 22 heavy (non-hydrogen) atoms. The van der Waals surface area contributed by atoms with E-state index in [1.54, 1.807) is 30.2 Å². The van der Waals surface area contributed by atoms with Crippen molar-refractivity contribution in [2.75, 3.05) is 33.3 Å². The number of ether oxygens (including phenoxy) is 1. The van der Waals surface area contributed by atoms with Gasteiger partial charge < -0.3 is 9.64 Å². The lowest BCUT2D eigenvalue weighted by atomic mass is 10.2. The lowest BCUT2D eigenvalue weighted by Gasteiger charge is -2.21. The highest BCUT2D eigenvalue weighted by atomic mass is 32.2. The molecule has 1 heterocycles. The van der Waals surface area contributed by atoms with E-state index in [0.29, 0.717) is 38.3 Å². The molecular weight excluding hydrogens is 304 g/mol. The Kier molecular flexibility index (Phi) is 5.08. The highest BCUT2D eigenvalue weighted by molar-refractivity contribution is 7.89. The maximum Gasteiger partial charge on any atom is 0.243 e. The molecule has 1 aromatic rings. The molecule has 1 amide bonds. The largest absolute Gasteiger partial charge is 0.496 e. The zero-order chi connectivity index (χ0) is 16.3. The van der Waals surface area contributed by atoms with Crippen molar-refractivity contribution in [1.82, 2.24) is 9.21 Å². The summed E-state index contributed by atoms with van der Waals surface area (Å²) in [5.74, 6) is 0.650. The molecule has 6 nitrogen and oxygen atoms in total. The fourth-order valence-electron chi connectivity index (χ4n) is 2.61. The second-order valence-corrected chi connectivity index (χ2v) is 7.33. The van der Waals surface area contributed by atoms with Crippen molar-refractivity contribution < 1.29 is 17.9 Å². The summed E-state index contributed by atoms with van der Waals surface area (Å²) in [6, 6.07) is 4.86. The number of rotatable bonds is 3. The number of hydrogen-bond acceptors (Lipinski definition) is 4. The molecule has 0 radical (unpaired) electrons. The molecule has 1 aliphatic heterocycles. The Morgan fingerprint density at radius 3 is 2.50 bits per heavy atom. The first kappa shape index (κ1) is 16.8. The second-order valence-electron chi connectivity index (χ2n) is 5.40. The minimum Gasteiger partial charge on any atom is -0.496 e. The van der Waals surface area contributed by atoms with Gasteiger partial charge in [-0.05, 0) is 37.1 Å². The molecule has 0 atom stereocenters. The van der Waals surface area contributed by atoms with Crippen LogP contribution < -0.4 is 4.74 Å². The number of benzene rings is 1. The standard InChI is InChI=1S/C15H22N2O4S/c1-12-11-14(5-6-15(12)21-3)22(19,20)17-8-4-7-16(9-10-17)13(2)18/h5-6,11H,4,7-10H2,1-3H3. The number of aryl methyl sites for hydroxylation is 1. The van der Waals surface area contributed by atoms with Gasteiger partial charge in [0, 0.05) is 33.1 Å². The molecule has 0 aliphatic carbocycles. The minimum atomic E-state index is -3.54. The van der Waals surface area contributed by atoms with Crippen LogP contribution in [-0.4, -0.2) is 56.8 Å². The molecule has 0 aromatic heterocycles. The maximum atomic E-state index is 12.8. The summed E-state index contributed by atoms with van der Waals surface area (Å²) in [7, 11) is -1.98. The van der Waals surface area contributed by atoms with Crippen molar-refractivity contribution in [1.29, 1.82) is 0 Å². The minimum absolute atomic E-state index is 0.0143. The average molecular weight is 326 g/mol. The normalized spacial score (nSPS) is 17.1. The van der Waals surface area contributed by atoms with E-state index in [9.17, 15) is 13.2 Å². The molecule has 1 fully saturated rings. The van der Waals surface area contributed by atoms with Gasteiger partial charge in [-0.15, -0.1) is 0 Å². The van der Waals surface area contributed by atoms with Gasteiger partial charge in [0.05, 0.1) is 12.0 Å². The van der Waals surface area contributed by atoms with E-state index >= 15 is 0 Å². The van der Waals surface area contributed by atoms with E-state index in [-0.39, 0.29) is 10.8 Å². The third-order valence-corrected chi connectivity index (χ3v) is 5.80. The molecule has 0 bridgehead atoms. The van der Waals surface area contributed by atoms with Crippen molar-refractivity contribution in [2.24, 2.45) is 0 Å². The summed E-state index contributed by atoms with van der Waals surface area (Å²) in [6.45, 7) is 5.12. The van der Waals surface area contributed by atoms with Crippen molar-refractivity contribution in [3.05, 3.63) is 23.8 Å². The molecule has 0 spiro atoms. The molecule has 0 saturated carbocycles. The SMILES string of the molecule is COc1ccc(S(=O)(=O)N2CCCN(C(C)=O)CC2)cc1C. The quantitative estimate of drug-likeness (QED) is 0.838. The summed E-state index contributed by atoms with van der Waals surface area (Å²) < 4.78 is 32.1. The third-order valence-electron chi connectivity index (χ3n) is 3.90. The average Bonchev–Trinajstić information content (AvgIpc) is 2.73. The van der Waals surface area contributed by atoms with Crippen LogP contribution in [0.5, 0.6) is 5.75 Å². The van der Waals surface area contributed by atoms with E-state index in [4.69, 9.17) is 4.74 Å². The van der Waals surface area contributed by atoms with Crippen LogP contribution in [0.1, 0.15) is 18.9 Å². The Hall–Kier alpha value is -1.60. The predicted molar refractivity (Wildman–Crippen MR) is 83.4 cm³/mol. The number of carbonyl (C=O) groups excluding carboxylic acids is 1. The highest BCUT2D eigenvalue weighted by Crippen LogP contribution is 2.24. The van der Waals surface area contributed by atoms with Gasteiger partial charge in [0.25, 0.3) is 0 Å². The highest BCUT2D eigenvalue weighted by Gasteiger charge is 2.27. The molecule has 0 unspecified atom stereocenters. The molecular formula is C15H22N2O4S. The van der Waals surface area contributed by atoms with E-state index in [2.05, 4.69) is 0 Å². The van der Waals surface area contributed by atoms with Crippen molar-refractivity contribution >= 4 is 15.9 Å². The zero-order valence-corrected chi connectivity index (χ0v) is 14.0. The summed E-state index contributed by atoms with van der Waals surface area (Å²) in [5, 5.41) is 0. The number of hydrogen-bond donors (Lipinski definition) is 0. The number of sulfonamides is 1. The number of nitrogens with zero attached hydrogens (tertiary/aromatic N) is 2. The van der Waals surface area contributed by atoms with E-state index in [1.807, 2.05) is 6.92 Å². The second kappa shape index (κ2) is 6.66. The topological polar surface area (TPSA) is 66.9 Å². The van der Waals surface area contributed by atoms with Crippen molar-refractivity contribution in [3.63, 3.8) is 0 Å². The van der Waals surface area contributed by atoms with Gasteiger partial charge in [-0.1, -0.05) is 0 Å².